The van der Waals surface area contributed by atoms with Gasteiger partial charge in [-0.3, -0.25) is 14.5 Å². The number of benzene rings is 1. The number of rotatable bonds is 3. The van der Waals surface area contributed by atoms with Gasteiger partial charge in [0.1, 0.15) is 0 Å². The number of nitrogen functional groups attached to an aromatic ring is 1. The van der Waals surface area contributed by atoms with Crippen LogP contribution in [0.3, 0.4) is 0 Å². The number of imide groups is 1. The minimum Gasteiger partial charge on any atom is -0.478 e. The Morgan fingerprint density at radius 2 is 2.05 bits per heavy atom. The van der Waals surface area contributed by atoms with Crippen LogP contribution in [-0.4, -0.2) is 27.8 Å². The number of amides is 2. The summed E-state index contributed by atoms with van der Waals surface area (Å²) >= 11 is 0. The molecule has 0 aliphatic carbocycles. The number of carbonyl (C=O) groups is 3. The quantitative estimate of drug-likeness (QED) is 0.639. The highest BCUT2D eigenvalue weighted by molar-refractivity contribution is 6.05. The number of likely N-dealkylation sites (tertiary alicyclic amines) is 1. The van der Waals surface area contributed by atoms with Gasteiger partial charge in [-0.05, 0) is 11.6 Å². The molecule has 6 heteroatoms. The van der Waals surface area contributed by atoms with E-state index in [1.54, 1.807) is 26.0 Å². The van der Waals surface area contributed by atoms with Crippen LogP contribution in [0, 0.1) is 5.41 Å². The van der Waals surface area contributed by atoms with Gasteiger partial charge in [0.2, 0.25) is 11.8 Å². The number of carboxylic acid groups (broad SMARTS) is 1. The smallest absolute Gasteiger partial charge is 0.338 e. The topological polar surface area (TPSA) is 101 Å². The third-order valence-corrected chi connectivity index (χ3v) is 3.44. The third-order valence-electron chi connectivity index (χ3n) is 3.44. The minimum atomic E-state index is -1.17. The summed E-state index contributed by atoms with van der Waals surface area (Å²) in [7, 11) is 0. The molecule has 1 fully saturated rings. The van der Waals surface area contributed by atoms with Crippen molar-refractivity contribution in [1.29, 1.82) is 0 Å². The molecule has 0 unspecified atom stereocenters. The fraction of sp³-hybridized carbons (Fsp3) is 0.357. The van der Waals surface area contributed by atoms with Crippen LogP contribution in [0.25, 0.3) is 0 Å². The Labute approximate surface area is 116 Å². The first kappa shape index (κ1) is 14.0. The number of nitrogens with two attached hydrogens (primary N) is 1. The number of hydrogen-bond acceptors (Lipinski definition) is 4. The van der Waals surface area contributed by atoms with Gasteiger partial charge in [0.15, 0.2) is 0 Å². The fourth-order valence-corrected chi connectivity index (χ4v) is 2.37. The van der Waals surface area contributed by atoms with E-state index in [9.17, 15) is 19.5 Å². The van der Waals surface area contributed by atoms with Crippen LogP contribution in [0.5, 0.6) is 0 Å². The molecule has 1 saturated heterocycles. The predicted octanol–water partition coefficient (Wildman–Crippen LogP) is 1.25. The van der Waals surface area contributed by atoms with Crippen LogP contribution in [0.4, 0.5) is 5.69 Å². The van der Waals surface area contributed by atoms with Gasteiger partial charge in [-0.2, -0.15) is 0 Å². The van der Waals surface area contributed by atoms with Crippen LogP contribution in [-0.2, 0) is 16.1 Å². The molecule has 1 aliphatic rings. The lowest BCUT2D eigenvalue weighted by Gasteiger charge is -2.19. The van der Waals surface area contributed by atoms with Crippen molar-refractivity contribution in [2.24, 2.45) is 5.41 Å². The number of nitrogens with zero attached hydrogens (tertiary/aromatic N) is 1. The molecule has 2 rings (SSSR count). The highest BCUT2D eigenvalue weighted by Crippen LogP contribution is 2.33. The van der Waals surface area contributed by atoms with E-state index in [1.165, 1.54) is 6.07 Å². The van der Waals surface area contributed by atoms with Gasteiger partial charge in [-0.15, -0.1) is 0 Å². The number of hydrogen-bond donors (Lipinski definition) is 2. The van der Waals surface area contributed by atoms with Gasteiger partial charge in [-0.1, -0.05) is 26.0 Å². The molecule has 1 aromatic carbocycles. The van der Waals surface area contributed by atoms with E-state index in [0.29, 0.717) is 5.56 Å². The van der Waals surface area contributed by atoms with Crippen molar-refractivity contribution in [1.82, 2.24) is 4.90 Å². The molecule has 0 aromatic heterocycles. The van der Waals surface area contributed by atoms with E-state index < -0.39 is 11.4 Å². The number of carbonyl (C=O) groups excluding carboxylic acids is 2. The van der Waals surface area contributed by atoms with Crippen LogP contribution in [0.2, 0.25) is 0 Å². The Hall–Kier alpha value is -2.37. The van der Waals surface area contributed by atoms with E-state index in [0.717, 1.165) is 4.90 Å². The van der Waals surface area contributed by atoms with E-state index in [4.69, 9.17) is 5.73 Å². The van der Waals surface area contributed by atoms with Crippen molar-refractivity contribution in [2.75, 3.05) is 5.73 Å². The molecule has 6 nitrogen and oxygen atoms in total. The van der Waals surface area contributed by atoms with Gasteiger partial charge in [0.25, 0.3) is 0 Å². The average Bonchev–Trinajstić information content (AvgIpc) is 2.51. The summed E-state index contributed by atoms with van der Waals surface area (Å²) in [6.07, 6.45) is 0.135. The van der Waals surface area contributed by atoms with E-state index in [-0.39, 0.29) is 36.0 Å². The third kappa shape index (κ3) is 2.24. The maximum Gasteiger partial charge on any atom is 0.338 e. The van der Waals surface area contributed by atoms with Crippen molar-refractivity contribution in [3.05, 3.63) is 29.3 Å². The molecular weight excluding hydrogens is 260 g/mol. The molecule has 0 saturated carbocycles. The largest absolute Gasteiger partial charge is 0.478 e. The summed E-state index contributed by atoms with van der Waals surface area (Å²) in [5.41, 5.74) is 5.33. The first-order valence-electron chi connectivity index (χ1n) is 6.19. The average molecular weight is 276 g/mol. The van der Waals surface area contributed by atoms with E-state index in [2.05, 4.69) is 0 Å². The first-order chi connectivity index (χ1) is 9.24. The standard InChI is InChI=1S/C14H16N2O4/c1-14(2)6-10(17)16(13(14)20)7-8-4-3-5-9(15)11(8)12(18)19/h3-5H,6-7,15H2,1-2H3,(H,18,19). The zero-order chi connectivity index (χ0) is 15.1. The summed E-state index contributed by atoms with van der Waals surface area (Å²) < 4.78 is 0. The molecule has 0 spiro atoms. The second-order valence-electron chi connectivity index (χ2n) is 5.53. The normalized spacial score (nSPS) is 17.6. The zero-order valence-electron chi connectivity index (χ0n) is 11.3. The Morgan fingerprint density at radius 3 is 2.55 bits per heavy atom. The molecular formula is C14H16N2O4. The Kier molecular flexibility index (Phi) is 3.25. The summed E-state index contributed by atoms with van der Waals surface area (Å²) in [6, 6.07) is 4.64. The molecule has 0 bridgehead atoms. The highest BCUT2D eigenvalue weighted by atomic mass is 16.4. The molecule has 0 radical (unpaired) electrons. The van der Waals surface area contributed by atoms with Crippen molar-refractivity contribution < 1.29 is 19.5 Å². The lowest BCUT2D eigenvalue weighted by atomic mass is 9.92. The van der Waals surface area contributed by atoms with Crippen LogP contribution >= 0.6 is 0 Å². The first-order valence-corrected chi connectivity index (χ1v) is 6.19. The summed E-state index contributed by atoms with van der Waals surface area (Å²) in [5.74, 6) is -1.75. The van der Waals surface area contributed by atoms with Gasteiger partial charge in [0.05, 0.1) is 17.5 Å². The second-order valence-corrected chi connectivity index (χ2v) is 5.53. The Morgan fingerprint density at radius 1 is 1.40 bits per heavy atom. The molecule has 1 aliphatic heterocycles. The molecule has 2 amide bonds. The maximum atomic E-state index is 12.1. The van der Waals surface area contributed by atoms with Crippen molar-refractivity contribution in [3.63, 3.8) is 0 Å². The van der Waals surface area contributed by atoms with Crippen LogP contribution in [0.1, 0.15) is 36.2 Å². The van der Waals surface area contributed by atoms with Gasteiger partial charge >= 0.3 is 5.97 Å². The lowest BCUT2D eigenvalue weighted by molar-refractivity contribution is -0.141. The van der Waals surface area contributed by atoms with Crippen LogP contribution in [0.15, 0.2) is 18.2 Å². The molecule has 20 heavy (non-hydrogen) atoms. The fourth-order valence-electron chi connectivity index (χ4n) is 2.37. The Balaban J connectivity index is 2.37. The molecule has 1 aromatic rings. The number of anilines is 1. The summed E-state index contributed by atoms with van der Waals surface area (Å²) in [5, 5.41) is 9.19. The van der Waals surface area contributed by atoms with Crippen molar-refractivity contribution >= 4 is 23.5 Å². The molecule has 0 atom stereocenters. The summed E-state index contributed by atoms with van der Waals surface area (Å²) in [6.45, 7) is 3.34. The maximum absolute atomic E-state index is 12.1. The van der Waals surface area contributed by atoms with Gasteiger partial charge in [0, 0.05) is 12.1 Å². The zero-order valence-corrected chi connectivity index (χ0v) is 11.3. The van der Waals surface area contributed by atoms with E-state index >= 15 is 0 Å². The predicted molar refractivity (Wildman–Crippen MR) is 71.8 cm³/mol. The monoisotopic (exact) mass is 276 g/mol. The lowest BCUT2D eigenvalue weighted by Crippen LogP contribution is -2.33. The number of carboxylic acids is 1. The highest BCUT2D eigenvalue weighted by Gasteiger charge is 2.44. The molecule has 1 heterocycles. The van der Waals surface area contributed by atoms with Crippen molar-refractivity contribution in [3.8, 4) is 0 Å². The molecule has 3 N–H and O–H groups in total. The van der Waals surface area contributed by atoms with Gasteiger partial charge in [-0.25, -0.2) is 4.79 Å². The summed E-state index contributed by atoms with van der Waals surface area (Å²) in [4.78, 5) is 36.4. The van der Waals surface area contributed by atoms with E-state index in [1.807, 2.05) is 0 Å². The minimum absolute atomic E-state index is 0.0576. The van der Waals surface area contributed by atoms with Gasteiger partial charge < -0.3 is 10.8 Å². The molecule has 106 valence electrons. The Bertz CT molecular complexity index is 607. The van der Waals surface area contributed by atoms with Crippen molar-refractivity contribution in [2.45, 2.75) is 26.8 Å². The SMILES string of the molecule is CC1(C)CC(=O)N(Cc2cccc(N)c2C(=O)O)C1=O. The second kappa shape index (κ2) is 4.63. The van der Waals surface area contributed by atoms with Crippen LogP contribution < -0.4 is 5.73 Å². The number of aromatic carboxylic acids is 1.